The number of aromatic nitrogens is 1. The summed E-state index contributed by atoms with van der Waals surface area (Å²) < 4.78 is 0. The molecule has 0 fully saturated rings. The maximum atomic E-state index is 6.12. The van der Waals surface area contributed by atoms with Crippen LogP contribution in [0.5, 0.6) is 0 Å². The Labute approximate surface area is 110 Å². The number of hydrogen-bond donors (Lipinski definition) is 1. The molecule has 0 saturated carbocycles. The van der Waals surface area contributed by atoms with E-state index in [-0.39, 0.29) is 0 Å². The predicted molar refractivity (Wildman–Crippen MR) is 76.5 cm³/mol. The van der Waals surface area contributed by atoms with Gasteiger partial charge in [-0.3, -0.25) is 4.98 Å². The SMILES string of the molecule is Clc1ccccc1Nc1ccc2cnccc2c1. The van der Waals surface area contributed by atoms with Crippen LogP contribution in [0.4, 0.5) is 11.4 Å². The van der Waals surface area contributed by atoms with E-state index in [1.165, 1.54) is 0 Å². The molecule has 0 aliphatic rings. The van der Waals surface area contributed by atoms with Crippen LogP contribution in [-0.4, -0.2) is 4.98 Å². The van der Waals surface area contributed by atoms with E-state index in [2.05, 4.69) is 16.4 Å². The number of fused-ring (bicyclic) bond motifs is 1. The van der Waals surface area contributed by atoms with Gasteiger partial charge in [-0.1, -0.05) is 29.8 Å². The van der Waals surface area contributed by atoms with Crippen LogP contribution in [0.2, 0.25) is 5.02 Å². The molecule has 0 aliphatic heterocycles. The molecule has 0 bridgehead atoms. The smallest absolute Gasteiger partial charge is 0.0640 e. The third-order valence-corrected chi connectivity index (χ3v) is 3.12. The number of nitrogens with zero attached hydrogens (tertiary/aromatic N) is 1. The molecule has 0 aliphatic carbocycles. The third kappa shape index (κ3) is 2.15. The molecule has 0 atom stereocenters. The first-order valence-electron chi connectivity index (χ1n) is 5.68. The quantitative estimate of drug-likeness (QED) is 0.721. The molecule has 1 aromatic heterocycles. The highest BCUT2D eigenvalue weighted by Gasteiger charge is 2.00. The Bertz CT molecular complexity index is 695. The fourth-order valence-corrected chi connectivity index (χ4v) is 2.06. The lowest BCUT2D eigenvalue weighted by Gasteiger charge is -2.09. The minimum Gasteiger partial charge on any atom is -0.354 e. The molecule has 2 nitrogen and oxygen atoms in total. The van der Waals surface area contributed by atoms with Crippen molar-refractivity contribution in [3.05, 3.63) is 65.9 Å². The number of para-hydroxylation sites is 1. The monoisotopic (exact) mass is 254 g/mol. The number of halogens is 1. The summed E-state index contributed by atoms with van der Waals surface area (Å²) >= 11 is 6.12. The van der Waals surface area contributed by atoms with Gasteiger partial charge in [0.25, 0.3) is 0 Å². The van der Waals surface area contributed by atoms with Crippen LogP contribution in [0, 0.1) is 0 Å². The van der Waals surface area contributed by atoms with E-state index in [0.29, 0.717) is 5.02 Å². The van der Waals surface area contributed by atoms with Crippen molar-refractivity contribution in [1.29, 1.82) is 0 Å². The molecule has 18 heavy (non-hydrogen) atoms. The number of anilines is 2. The summed E-state index contributed by atoms with van der Waals surface area (Å²) in [5, 5.41) is 6.31. The second kappa shape index (κ2) is 4.67. The average Bonchev–Trinajstić information content (AvgIpc) is 2.41. The minimum atomic E-state index is 0.715. The van der Waals surface area contributed by atoms with Gasteiger partial charge in [0, 0.05) is 23.5 Å². The lowest BCUT2D eigenvalue weighted by Crippen LogP contribution is -1.90. The van der Waals surface area contributed by atoms with Crippen molar-refractivity contribution >= 4 is 33.7 Å². The molecule has 3 heteroatoms. The Morgan fingerprint density at radius 2 is 1.83 bits per heavy atom. The second-order valence-electron chi connectivity index (χ2n) is 4.04. The number of nitrogens with one attached hydrogen (secondary N) is 1. The Balaban J connectivity index is 1.98. The van der Waals surface area contributed by atoms with Crippen LogP contribution in [0.1, 0.15) is 0 Å². The highest BCUT2D eigenvalue weighted by Crippen LogP contribution is 2.26. The standard InChI is InChI=1S/C15H11ClN2/c16-14-3-1-2-4-15(14)18-13-6-5-12-10-17-8-7-11(12)9-13/h1-10,18H. The summed E-state index contributed by atoms with van der Waals surface area (Å²) in [6.45, 7) is 0. The number of benzene rings is 2. The van der Waals surface area contributed by atoms with Gasteiger partial charge in [0.05, 0.1) is 10.7 Å². The van der Waals surface area contributed by atoms with Crippen molar-refractivity contribution in [1.82, 2.24) is 4.98 Å². The van der Waals surface area contributed by atoms with Gasteiger partial charge in [-0.05, 0) is 35.7 Å². The van der Waals surface area contributed by atoms with Gasteiger partial charge >= 0.3 is 0 Å². The zero-order valence-electron chi connectivity index (χ0n) is 9.60. The lowest BCUT2D eigenvalue weighted by molar-refractivity contribution is 1.36. The van der Waals surface area contributed by atoms with Crippen LogP contribution in [0.15, 0.2) is 60.9 Å². The van der Waals surface area contributed by atoms with E-state index in [4.69, 9.17) is 11.6 Å². The third-order valence-electron chi connectivity index (χ3n) is 2.79. The number of rotatable bonds is 2. The van der Waals surface area contributed by atoms with Gasteiger partial charge in [0.1, 0.15) is 0 Å². The first-order valence-corrected chi connectivity index (χ1v) is 6.06. The summed E-state index contributed by atoms with van der Waals surface area (Å²) in [5.74, 6) is 0. The van der Waals surface area contributed by atoms with Gasteiger partial charge in [-0.25, -0.2) is 0 Å². The molecule has 0 saturated heterocycles. The first-order chi connectivity index (χ1) is 8.83. The summed E-state index contributed by atoms with van der Waals surface area (Å²) in [6, 6.07) is 15.8. The molecule has 0 unspecified atom stereocenters. The molecule has 2 aromatic carbocycles. The Morgan fingerprint density at radius 1 is 0.944 bits per heavy atom. The Morgan fingerprint density at radius 3 is 2.72 bits per heavy atom. The van der Waals surface area contributed by atoms with E-state index >= 15 is 0 Å². The number of pyridine rings is 1. The van der Waals surface area contributed by atoms with E-state index in [0.717, 1.165) is 22.1 Å². The van der Waals surface area contributed by atoms with Crippen molar-refractivity contribution in [3.63, 3.8) is 0 Å². The molecule has 0 spiro atoms. The Hall–Kier alpha value is -2.06. The molecule has 88 valence electrons. The molecule has 0 radical (unpaired) electrons. The second-order valence-corrected chi connectivity index (χ2v) is 4.45. The highest BCUT2D eigenvalue weighted by atomic mass is 35.5. The topological polar surface area (TPSA) is 24.9 Å². The van der Waals surface area contributed by atoms with Crippen molar-refractivity contribution in [2.75, 3.05) is 5.32 Å². The van der Waals surface area contributed by atoms with Crippen LogP contribution in [-0.2, 0) is 0 Å². The van der Waals surface area contributed by atoms with Gasteiger partial charge in [0.15, 0.2) is 0 Å². The maximum absolute atomic E-state index is 6.12. The molecule has 3 aromatic rings. The van der Waals surface area contributed by atoms with Gasteiger partial charge in [-0.2, -0.15) is 0 Å². The van der Waals surface area contributed by atoms with Crippen molar-refractivity contribution in [3.8, 4) is 0 Å². The fraction of sp³-hybridized carbons (Fsp3) is 0. The van der Waals surface area contributed by atoms with E-state index < -0.39 is 0 Å². The summed E-state index contributed by atoms with van der Waals surface area (Å²) in [6.07, 6.45) is 3.65. The predicted octanol–water partition coefficient (Wildman–Crippen LogP) is 4.63. The van der Waals surface area contributed by atoms with E-state index in [1.807, 2.05) is 48.7 Å². The van der Waals surface area contributed by atoms with Gasteiger partial charge in [-0.15, -0.1) is 0 Å². The van der Waals surface area contributed by atoms with Crippen LogP contribution < -0.4 is 5.32 Å². The van der Waals surface area contributed by atoms with Crippen molar-refractivity contribution < 1.29 is 0 Å². The summed E-state index contributed by atoms with van der Waals surface area (Å²) in [7, 11) is 0. The minimum absolute atomic E-state index is 0.715. The molecule has 0 amide bonds. The van der Waals surface area contributed by atoms with Crippen LogP contribution >= 0.6 is 11.6 Å². The largest absolute Gasteiger partial charge is 0.354 e. The molecule has 3 rings (SSSR count). The fourth-order valence-electron chi connectivity index (χ4n) is 1.88. The first kappa shape index (κ1) is 11.1. The van der Waals surface area contributed by atoms with Crippen molar-refractivity contribution in [2.45, 2.75) is 0 Å². The molecular weight excluding hydrogens is 244 g/mol. The lowest BCUT2D eigenvalue weighted by atomic mass is 10.1. The molecule has 1 heterocycles. The van der Waals surface area contributed by atoms with Gasteiger partial charge in [0.2, 0.25) is 0 Å². The zero-order valence-corrected chi connectivity index (χ0v) is 10.4. The summed E-state index contributed by atoms with van der Waals surface area (Å²) in [5.41, 5.74) is 1.93. The van der Waals surface area contributed by atoms with E-state index in [1.54, 1.807) is 6.20 Å². The normalized spacial score (nSPS) is 10.5. The molecule has 1 N–H and O–H groups in total. The average molecular weight is 255 g/mol. The van der Waals surface area contributed by atoms with Crippen LogP contribution in [0.25, 0.3) is 10.8 Å². The van der Waals surface area contributed by atoms with Crippen molar-refractivity contribution in [2.24, 2.45) is 0 Å². The van der Waals surface area contributed by atoms with E-state index in [9.17, 15) is 0 Å². The van der Waals surface area contributed by atoms with Crippen LogP contribution in [0.3, 0.4) is 0 Å². The molecular formula is C15H11ClN2. The van der Waals surface area contributed by atoms with Gasteiger partial charge < -0.3 is 5.32 Å². The maximum Gasteiger partial charge on any atom is 0.0640 e. The Kier molecular flexibility index (Phi) is 2.87. The highest BCUT2D eigenvalue weighted by molar-refractivity contribution is 6.33. The number of hydrogen-bond acceptors (Lipinski definition) is 2. The summed E-state index contributed by atoms with van der Waals surface area (Å²) in [4.78, 5) is 4.10. The zero-order chi connectivity index (χ0) is 12.4.